The Morgan fingerprint density at radius 1 is 1.27 bits per heavy atom. The van der Waals surface area contributed by atoms with Crippen LogP contribution in [0.2, 0.25) is 0 Å². The second kappa shape index (κ2) is 6.96. The van der Waals surface area contributed by atoms with Crippen molar-refractivity contribution in [3.8, 4) is 0 Å². The lowest BCUT2D eigenvalue weighted by molar-refractivity contribution is -0.131. The molecule has 0 N–H and O–H groups in total. The maximum Gasteiger partial charge on any atom is 0.236 e. The van der Waals surface area contributed by atoms with E-state index >= 15 is 0 Å². The van der Waals surface area contributed by atoms with Crippen LogP contribution in [0, 0.1) is 5.41 Å². The van der Waals surface area contributed by atoms with Crippen LogP contribution in [-0.4, -0.2) is 86.5 Å². The van der Waals surface area contributed by atoms with Crippen molar-refractivity contribution >= 4 is 11.8 Å². The fraction of sp³-hybridized carbons (Fsp3) is 0.875. The minimum absolute atomic E-state index is 0.138. The quantitative estimate of drug-likeness (QED) is 0.755. The molecule has 0 aromatic heterocycles. The molecule has 0 aliphatic carbocycles. The van der Waals surface area contributed by atoms with Gasteiger partial charge in [0.1, 0.15) is 0 Å². The molecule has 0 saturated carbocycles. The molecule has 0 aromatic carbocycles. The predicted molar refractivity (Wildman–Crippen MR) is 84.5 cm³/mol. The molecule has 2 fully saturated rings. The first-order valence-corrected chi connectivity index (χ1v) is 8.05. The van der Waals surface area contributed by atoms with Gasteiger partial charge in [-0.1, -0.05) is 0 Å². The number of amides is 2. The van der Waals surface area contributed by atoms with Gasteiger partial charge < -0.3 is 14.5 Å². The number of ether oxygens (including phenoxy) is 1. The summed E-state index contributed by atoms with van der Waals surface area (Å²) in [5.41, 5.74) is 0.238. The Morgan fingerprint density at radius 3 is 2.41 bits per heavy atom. The first kappa shape index (κ1) is 17.2. The van der Waals surface area contributed by atoms with Crippen molar-refractivity contribution in [2.45, 2.75) is 32.2 Å². The summed E-state index contributed by atoms with van der Waals surface area (Å²) >= 11 is 0. The molecule has 2 aliphatic heterocycles. The molecule has 1 atom stereocenters. The molecule has 6 nitrogen and oxygen atoms in total. The van der Waals surface area contributed by atoms with Gasteiger partial charge in [0, 0.05) is 53.8 Å². The Bertz CT molecular complexity index is 417. The van der Waals surface area contributed by atoms with Crippen LogP contribution >= 0.6 is 0 Å². The highest BCUT2D eigenvalue weighted by Crippen LogP contribution is 2.43. The van der Waals surface area contributed by atoms with Gasteiger partial charge in [0.2, 0.25) is 11.8 Å². The Labute approximate surface area is 133 Å². The molecule has 2 aliphatic rings. The van der Waals surface area contributed by atoms with Gasteiger partial charge in [-0.3, -0.25) is 14.5 Å². The number of hydrogen-bond donors (Lipinski definition) is 0. The highest BCUT2D eigenvalue weighted by atomic mass is 16.5. The summed E-state index contributed by atoms with van der Waals surface area (Å²) in [4.78, 5) is 29.4. The Balaban J connectivity index is 2.01. The van der Waals surface area contributed by atoms with E-state index in [4.69, 9.17) is 4.74 Å². The zero-order valence-electron chi connectivity index (χ0n) is 14.3. The summed E-state index contributed by atoms with van der Waals surface area (Å²) in [6.07, 6.45) is 3.12. The van der Waals surface area contributed by atoms with Gasteiger partial charge in [-0.25, -0.2) is 0 Å². The van der Waals surface area contributed by atoms with Crippen molar-refractivity contribution < 1.29 is 14.3 Å². The first-order valence-electron chi connectivity index (χ1n) is 8.05. The number of carbonyl (C=O) groups is 2. The summed E-state index contributed by atoms with van der Waals surface area (Å²) in [6.45, 7) is 5.38. The smallest absolute Gasteiger partial charge is 0.236 e. The van der Waals surface area contributed by atoms with E-state index in [1.165, 1.54) is 0 Å². The second-order valence-corrected chi connectivity index (χ2v) is 7.01. The molecule has 126 valence electrons. The number of hydrogen-bond acceptors (Lipinski definition) is 4. The lowest BCUT2D eigenvalue weighted by atomic mass is 9.76. The fourth-order valence-electron chi connectivity index (χ4n) is 3.77. The topological polar surface area (TPSA) is 53.1 Å². The zero-order valence-corrected chi connectivity index (χ0v) is 14.3. The number of rotatable bonds is 4. The van der Waals surface area contributed by atoms with Crippen molar-refractivity contribution in [1.82, 2.24) is 14.7 Å². The number of nitrogens with zero attached hydrogens (tertiary/aromatic N) is 3. The Hall–Kier alpha value is -1.14. The molecule has 2 saturated heterocycles. The Morgan fingerprint density at radius 2 is 1.91 bits per heavy atom. The van der Waals surface area contributed by atoms with E-state index in [2.05, 4.69) is 4.90 Å². The molecule has 0 aromatic rings. The van der Waals surface area contributed by atoms with E-state index in [0.29, 0.717) is 19.2 Å². The zero-order chi connectivity index (χ0) is 16.3. The first-order chi connectivity index (χ1) is 10.4. The van der Waals surface area contributed by atoms with Gasteiger partial charge in [-0.2, -0.15) is 0 Å². The molecule has 1 spiro atoms. The van der Waals surface area contributed by atoms with Crippen LogP contribution in [0.3, 0.4) is 0 Å². The number of carbonyl (C=O) groups excluding carboxylic acids is 2. The van der Waals surface area contributed by atoms with Gasteiger partial charge >= 0.3 is 0 Å². The molecule has 0 unspecified atom stereocenters. The van der Waals surface area contributed by atoms with Crippen molar-refractivity contribution in [1.29, 1.82) is 0 Å². The minimum Gasteiger partial charge on any atom is -0.383 e. The molecular formula is C16H29N3O3. The molecule has 0 bridgehead atoms. The highest BCUT2D eigenvalue weighted by Gasteiger charge is 2.46. The van der Waals surface area contributed by atoms with E-state index in [9.17, 15) is 9.59 Å². The number of likely N-dealkylation sites (tertiary alicyclic amines) is 2. The summed E-state index contributed by atoms with van der Waals surface area (Å²) in [7, 11) is 5.31. The minimum atomic E-state index is 0.138. The average molecular weight is 311 g/mol. The normalized spacial score (nSPS) is 24.7. The standard InChI is InChI=1S/C16H29N3O3/c1-13(20)18-7-5-16(6-8-18)9-14(11-22-4)19(12-16)10-15(21)17(2)3/h14H,5-12H2,1-4H3/t14-/m1/s1. The molecule has 2 rings (SSSR count). The van der Waals surface area contributed by atoms with Crippen LogP contribution in [0.5, 0.6) is 0 Å². The van der Waals surface area contributed by atoms with E-state index in [-0.39, 0.29) is 17.2 Å². The van der Waals surface area contributed by atoms with Gasteiger partial charge in [0.25, 0.3) is 0 Å². The fourth-order valence-corrected chi connectivity index (χ4v) is 3.77. The summed E-state index contributed by atoms with van der Waals surface area (Å²) in [5.74, 6) is 0.306. The van der Waals surface area contributed by atoms with E-state index < -0.39 is 0 Å². The summed E-state index contributed by atoms with van der Waals surface area (Å²) < 4.78 is 5.36. The third kappa shape index (κ3) is 3.79. The van der Waals surface area contributed by atoms with E-state index in [1.54, 1.807) is 33.0 Å². The number of likely N-dealkylation sites (N-methyl/N-ethyl adjacent to an activating group) is 1. The predicted octanol–water partition coefficient (Wildman–Crippen LogP) is 0.424. The van der Waals surface area contributed by atoms with Crippen LogP contribution < -0.4 is 0 Å². The number of piperidine rings is 1. The SMILES string of the molecule is COC[C@H]1CC2(CCN(C(C)=O)CC2)CN1CC(=O)N(C)C. The van der Waals surface area contributed by atoms with Crippen LogP contribution in [0.25, 0.3) is 0 Å². The lowest BCUT2D eigenvalue weighted by Gasteiger charge is -2.39. The monoisotopic (exact) mass is 311 g/mol. The molecular weight excluding hydrogens is 282 g/mol. The third-order valence-electron chi connectivity index (χ3n) is 5.19. The molecule has 2 amide bonds. The third-order valence-corrected chi connectivity index (χ3v) is 5.19. The van der Waals surface area contributed by atoms with Crippen LogP contribution in [-0.2, 0) is 14.3 Å². The molecule has 6 heteroatoms. The van der Waals surface area contributed by atoms with Crippen LogP contribution in [0.1, 0.15) is 26.2 Å². The van der Waals surface area contributed by atoms with Gasteiger partial charge in [0.15, 0.2) is 0 Å². The van der Waals surface area contributed by atoms with Gasteiger partial charge in [-0.05, 0) is 24.7 Å². The van der Waals surface area contributed by atoms with Gasteiger partial charge in [-0.15, -0.1) is 0 Å². The van der Waals surface area contributed by atoms with E-state index in [1.807, 2.05) is 4.90 Å². The van der Waals surface area contributed by atoms with Crippen molar-refractivity contribution in [2.75, 3.05) is 54.0 Å². The molecule has 0 radical (unpaired) electrons. The van der Waals surface area contributed by atoms with Crippen molar-refractivity contribution in [3.63, 3.8) is 0 Å². The number of methoxy groups -OCH3 is 1. The maximum absolute atomic E-state index is 12.1. The van der Waals surface area contributed by atoms with E-state index in [0.717, 1.165) is 38.9 Å². The summed E-state index contributed by atoms with van der Waals surface area (Å²) in [6, 6.07) is 0.303. The second-order valence-electron chi connectivity index (χ2n) is 7.01. The highest BCUT2D eigenvalue weighted by molar-refractivity contribution is 5.77. The molecule has 22 heavy (non-hydrogen) atoms. The lowest BCUT2D eigenvalue weighted by Crippen LogP contribution is -2.44. The Kier molecular flexibility index (Phi) is 5.45. The van der Waals surface area contributed by atoms with Crippen LogP contribution in [0.15, 0.2) is 0 Å². The molecule has 2 heterocycles. The maximum atomic E-state index is 12.1. The average Bonchev–Trinajstić information content (AvgIpc) is 2.77. The largest absolute Gasteiger partial charge is 0.383 e. The van der Waals surface area contributed by atoms with Crippen LogP contribution in [0.4, 0.5) is 0 Å². The van der Waals surface area contributed by atoms with Gasteiger partial charge in [0.05, 0.1) is 13.2 Å². The van der Waals surface area contributed by atoms with Crippen molar-refractivity contribution in [3.05, 3.63) is 0 Å². The van der Waals surface area contributed by atoms with Crippen molar-refractivity contribution in [2.24, 2.45) is 5.41 Å². The summed E-state index contributed by atoms with van der Waals surface area (Å²) in [5, 5.41) is 0.